The second kappa shape index (κ2) is 5.62. The van der Waals surface area contributed by atoms with E-state index in [9.17, 15) is 14.7 Å². The molecular weight excluding hydrogens is 318 g/mol. The van der Waals surface area contributed by atoms with Crippen molar-refractivity contribution < 1.29 is 19.4 Å². The molecular formula is C20H19NO4. The Hall–Kier alpha value is -2.82. The van der Waals surface area contributed by atoms with Crippen LogP contribution in [0, 0.1) is 0 Å². The molecule has 25 heavy (non-hydrogen) atoms. The number of fused-ring (bicyclic) bond motifs is 3. The van der Waals surface area contributed by atoms with Crippen LogP contribution in [0.3, 0.4) is 0 Å². The predicted octanol–water partition coefficient (Wildman–Crippen LogP) is 3.48. The van der Waals surface area contributed by atoms with Crippen molar-refractivity contribution in [3.8, 4) is 11.1 Å². The fourth-order valence-corrected chi connectivity index (χ4v) is 3.75. The predicted molar refractivity (Wildman–Crippen MR) is 92.4 cm³/mol. The highest BCUT2D eigenvalue weighted by atomic mass is 16.6. The standard InChI is InChI=1S/C20H19NO4/c1-20(18(22)23)10-11-21(20)19(24)25-12-17-15-8-4-2-6-13(15)14-7-3-5-9-16(14)17/h2-9,17H,10-12H2,1H3,(H,22,23). The van der Waals surface area contributed by atoms with Gasteiger partial charge in [0, 0.05) is 12.5 Å². The van der Waals surface area contributed by atoms with Gasteiger partial charge in [-0.15, -0.1) is 0 Å². The minimum atomic E-state index is -1.15. The molecule has 4 rings (SSSR count). The van der Waals surface area contributed by atoms with Crippen molar-refractivity contribution >= 4 is 12.1 Å². The summed E-state index contributed by atoms with van der Waals surface area (Å²) in [6.07, 6.45) is -0.106. The Morgan fingerprint density at radius 3 is 2.16 bits per heavy atom. The van der Waals surface area contributed by atoms with E-state index in [4.69, 9.17) is 4.74 Å². The van der Waals surface area contributed by atoms with Crippen LogP contribution in [-0.2, 0) is 9.53 Å². The molecule has 1 fully saturated rings. The van der Waals surface area contributed by atoms with Crippen LogP contribution in [0.5, 0.6) is 0 Å². The summed E-state index contributed by atoms with van der Waals surface area (Å²) in [5.74, 6) is -1.01. The third-order valence-electron chi connectivity index (χ3n) is 5.44. The molecule has 0 bridgehead atoms. The van der Waals surface area contributed by atoms with Gasteiger partial charge in [0.2, 0.25) is 0 Å². The Labute approximate surface area is 145 Å². The molecule has 2 aromatic rings. The maximum absolute atomic E-state index is 12.4. The summed E-state index contributed by atoms with van der Waals surface area (Å²) < 4.78 is 5.51. The number of nitrogens with zero attached hydrogens (tertiary/aromatic N) is 1. The van der Waals surface area contributed by atoms with Crippen LogP contribution in [-0.4, -0.2) is 40.8 Å². The molecule has 5 heteroatoms. The second-order valence-corrected chi connectivity index (χ2v) is 6.78. The SMILES string of the molecule is CC1(C(=O)O)CCN1C(=O)OCC1c2ccccc2-c2ccccc21. The molecule has 2 aliphatic rings. The maximum Gasteiger partial charge on any atom is 0.410 e. The Morgan fingerprint density at radius 1 is 1.12 bits per heavy atom. The van der Waals surface area contributed by atoms with Crippen LogP contribution < -0.4 is 0 Å². The molecule has 1 aliphatic carbocycles. The largest absolute Gasteiger partial charge is 0.480 e. The number of carboxylic acid groups (broad SMARTS) is 1. The van der Waals surface area contributed by atoms with Crippen LogP contribution in [0.1, 0.15) is 30.4 Å². The van der Waals surface area contributed by atoms with Crippen LogP contribution in [0.4, 0.5) is 4.79 Å². The summed E-state index contributed by atoms with van der Waals surface area (Å²) in [5, 5.41) is 9.30. The third kappa shape index (κ3) is 2.30. The molecule has 1 saturated heterocycles. The number of carboxylic acids is 1. The zero-order chi connectivity index (χ0) is 17.6. The fraction of sp³-hybridized carbons (Fsp3) is 0.300. The van der Waals surface area contributed by atoms with E-state index in [0.29, 0.717) is 13.0 Å². The number of aliphatic carboxylic acids is 1. The van der Waals surface area contributed by atoms with Crippen molar-refractivity contribution in [2.45, 2.75) is 24.8 Å². The number of likely N-dealkylation sites (tertiary alicyclic amines) is 1. The number of rotatable bonds is 3. The number of ether oxygens (including phenoxy) is 1. The summed E-state index contributed by atoms with van der Waals surface area (Å²) in [5.41, 5.74) is 3.46. The molecule has 1 amide bonds. The van der Waals surface area contributed by atoms with Crippen molar-refractivity contribution in [2.24, 2.45) is 0 Å². The fourth-order valence-electron chi connectivity index (χ4n) is 3.75. The van der Waals surface area contributed by atoms with Crippen LogP contribution in [0.25, 0.3) is 11.1 Å². The molecule has 1 aliphatic heterocycles. The monoisotopic (exact) mass is 337 g/mol. The molecule has 1 unspecified atom stereocenters. The first kappa shape index (κ1) is 15.7. The van der Waals surface area contributed by atoms with Gasteiger partial charge in [-0.25, -0.2) is 9.59 Å². The van der Waals surface area contributed by atoms with Gasteiger partial charge in [-0.05, 0) is 35.6 Å². The zero-order valence-corrected chi connectivity index (χ0v) is 13.9. The average molecular weight is 337 g/mol. The van der Waals surface area contributed by atoms with Gasteiger partial charge in [0.25, 0.3) is 0 Å². The van der Waals surface area contributed by atoms with Gasteiger partial charge in [0.05, 0.1) is 0 Å². The van der Waals surface area contributed by atoms with Crippen LogP contribution in [0.2, 0.25) is 0 Å². The normalized spacial score (nSPS) is 21.2. The molecule has 2 aromatic carbocycles. The highest BCUT2D eigenvalue weighted by molar-refractivity contribution is 5.86. The van der Waals surface area contributed by atoms with E-state index >= 15 is 0 Å². The Morgan fingerprint density at radius 2 is 1.68 bits per heavy atom. The lowest BCUT2D eigenvalue weighted by Gasteiger charge is -2.46. The first-order valence-corrected chi connectivity index (χ1v) is 8.38. The zero-order valence-electron chi connectivity index (χ0n) is 13.9. The second-order valence-electron chi connectivity index (χ2n) is 6.78. The number of benzene rings is 2. The minimum absolute atomic E-state index is 0.0197. The van der Waals surface area contributed by atoms with Gasteiger partial charge in [-0.3, -0.25) is 4.90 Å². The van der Waals surface area contributed by atoms with Gasteiger partial charge in [-0.1, -0.05) is 48.5 Å². The quantitative estimate of drug-likeness (QED) is 0.931. The van der Waals surface area contributed by atoms with E-state index in [1.807, 2.05) is 24.3 Å². The molecule has 0 saturated carbocycles. The van der Waals surface area contributed by atoms with E-state index in [0.717, 1.165) is 11.1 Å². The molecule has 1 atom stereocenters. The van der Waals surface area contributed by atoms with Crippen LogP contribution >= 0.6 is 0 Å². The van der Waals surface area contributed by atoms with E-state index in [1.165, 1.54) is 16.0 Å². The van der Waals surface area contributed by atoms with Crippen molar-refractivity contribution in [1.82, 2.24) is 4.90 Å². The average Bonchev–Trinajstić information content (AvgIpc) is 2.92. The molecule has 128 valence electrons. The maximum atomic E-state index is 12.4. The van der Waals surface area contributed by atoms with Gasteiger partial charge in [0.15, 0.2) is 0 Å². The van der Waals surface area contributed by atoms with Gasteiger partial charge < -0.3 is 9.84 Å². The highest BCUT2D eigenvalue weighted by Crippen LogP contribution is 2.44. The van der Waals surface area contributed by atoms with E-state index in [-0.39, 0.29) is 12.5 Å². The molecule has 0 aromatic heterocycles. The summed E-state index contributed by atoms with van der Waals surface area (Å²) in [6, 6.07) is 16.2. The van der Waals surface area contributed by atoms with Gasteiger partial charge in [0.1, 0.15) is 12.1 Å². The number of amides is 1. The number of hydrogen-bond acceptors (Lipinski definition) is 3. The highest BCUT2D eigenvalue weighted by Gasteiger charge is 2.50. The van der Waals surface area contributed by atoms with E-state index in [1.54, 1.807) is 6.92 Å². The summed E-state index contributed by atoms with van der Waals surface area (Å²) in [6.45, 7) is 2.18. The van der Waals surface area contributed by atoms with Crippen molar-refractivity contribution in [2.75, 3.05) is 13.2 Å². The lowest BCUT2D eigenvalue weighted by molar-refractivity contribution is -0.157. The molecule has 5 nitrogen and oxygen atoms in total. The molecule has 0 spiro atoms. The Bertz CT molecular complexity index is 817. The Balaban J connectivity index is 1.54. The van der Waals surface area contributed by atoms with E-state index < -0.39 is 17.6 Å². The molecule has 0 radical (unpaired) electrons. The van der Waals surface area contributed by atoms with Gasteiger partial charge >= 0.3 is 12.1 Å². The topological polar surface area (TPSA) is 66.8 Å². The third-order valence-corrected chi connectivity index (χ3v) is 5.44. The number of carbonyl (C=O) groups is 2. The molecule has 1 N–H and O–H groups in total. The van der Waals surface area contributed by atoms with E-state index in [2.05, 4.69) is 24.3 Å². The van der Waals surface area contributed by atoms with Crippen molar-refractivity contribution in [3.63, 3.8) is 0 Å². The summed E-state index contributed by atoms with van der Waals surface area (Å²) in [7, 11) is 0. The summed E-state index contributed by atoms with van der Waals surface area (Å²) >= 11 is 0. The lowest BCUT2D eigenvalue weighted by Crippen LogP contribution is -2.64. The first-order chi connectivity index (χ1) is 12.0. The van der Waals surface area contributed by atoms with Crippen molar-refractivity contribution in [1.29, 1.82) is 0 Å². The first-order valence-electron chi connectivity index (χ1n) is 8.38. The van der Waals surface area contributed by atoms with Crippen LogP contribution in [0.15, 0.2) is 48.5 Å². The summed E-state index contributed by atoms with van der Waals surface area (Å²) in [4.78, 5) is 25.0. The minimum Gasteiger partial charge on any atom is -0.480 e. The smallest absolute Gasteiger partial charge is 0.410 e. The van der Waals surface area contributed by atoms with Gasteiger partial charge in [-0.2, -0.15) is 0 Å². The number of carbonyl (C=O) groups excluding carboxylic acids is 1. The van der Waals surface area contributed by atoms with Crippen molar-refractivity contribution in [3.05, 3.63) is 59.7 Å². The molecule has 1 heterocycles. The number of hydrogen-bond donors (Lipinski definition) is 1. The Kier molecular flexibility index (Phi) is 3.53. The lowest BCUT2D eigenvalue weighted by atomic mass is 9.87.